The summed E-state index contributed by atoms with van der Waals surface area (Å²) in [6, 6.07) is 20.7. The lowest BCUT2D eigenvalue weighted by atomic mass is 10.1. The van der Waals surface area contributed by atoms with Crippen molar-refractivity contribution in [3.05, 3.63) is 95.1 Å². The van der Waals surface area contributed by atoms with E-state index in [-0.39, 0.29) is 24.3 Å². The van der Waals surface area contributed by atoms with Crippen molar-refractivity contribution in [2.24, 2.45) is 0 Å². The smallest absolute Gasteiger partial charge is 0.261 e. The van der Waals surface area contributed by atoms with Crippen molar-refractivity contribution in [2.45, 2.75) is 6.54 Å². The maximum Gasteiger partial charge on any atom is 0.261 e. The third-order valence-corrected chi connectivity index (χ3v) is 5.10. The fourth-order valence-electron chi connectivity index (χ4n) is 3.41. The minimum Gasteiger partial charge on any atom is -0.491 e. The summed E-state index contributed by atoms with van der Waals surface area (Å²) < 4.78 is 10.4. The number of rotatable bonds is 8. The molecule has 0 bridgehead atoms. The van der Waals surface area contributed by atoms with E-state index in [1.54, 1.807) is 79.9 Å². The maximum atomic E-state index is 12.5. The molecule has 1 aliphatic heterocycles. The SMILES string of the molecule is COCCOc1ccc(NC(=O)c2ccc(CN3C(=O)c4ccccc4C3=O)cc2)cc1. The second kappa shape index (κ2) is 9.45. The number of fused-ring (bicyclic) bond motifs is 1. The van der Waals surface area contributed by atoms with Crippen LogP contribution in [0.3, 0.4) is 0 Å². The van der Waals surface area contributed by atoms with Gasteiger partial charge >= 0.3 is 0 Å². The first-order valence-corrected chi connectivity index (χ1v) is 10.1. The molecule has 4 rings (SSSR count). The lowest BCUT2D eigenvalue weighted by Gasteiger charge is -2.14. The van der Waals surface area contributed by atoms with Crippen LogP contribution in [0, 0.1) is 0 Å². The third-order valence-electron chi connectivity index (χ3n) is 5.10. The van der Waals surface area contributed by atoms with E-state index < -0.39 is 0 Å². The van der Waals surface area contributed by atoms with Crippen molar-refractivity contribution < 1.29 is 23.9 Å². The van der Waals surface area contributed by atoms with Crippen LogP contribution in [0.1, 0.15) is 36.6 Å². The zero-order chi connectivity index (χ0) is 22.5. The van der Waals surface area contributed by atoms with Gasteiger partial charge in [0.2, 0.25) is 0 Å². The van der Waals surface area contributed by atoms with Crippen molar-refractivity contribution in [3.8, 4) is 5.75 Å². The minimum atomic E-state index is -0.304. The van der Waals surface area contributed by atoms with Gasteiger partial charge in [-0.05, 0) is 54.1 Å². The van der Waals surface area contributed by atoms with Gasteiger partial charge in [0.05, 0.1) is 24.3 Å². The second-order valence-corrected chi connectivity index (χ2v) is 7.26. The van der Waals surface area contributed by atoms with E-state index >= 15 is 0 Å². The summed E-state index contributed by atoms with van der Waals surface area (Å²) in [4.78, 5) is 38.8. The third kappa shape index (κ3) is 4.53. The van der Waals surface area contributed by atoms with Crippen LogP contribution >= 0.6 is 0 Å². The van der Waals surface area contributed by atoms with Crippen LogP contribution in [-0.2, 0) is 11.3 Å². The zero-order valence-corrected chi connectivity index (χ0v) is 17.5. The molecule has 0 saturated carbocycles. The number of nitrogens with one attached hydrogen (secondary N) is 1. The van der Waals surface area contributed by atoms with Gasteiger partial charge in [-0.2, -0.15) is 0 Å². The normalized spacial score (nSPS) is 12.6. The van der Waals surface area contributed by atoms with Gasteiger partial charge in [0.1, 0.15) is 12.4 Å². The number of amides is 3. The highest BCUT2D eigenvalue weighted by atomic mass is 16.5. The monoisotopic (exact) mass is 430 g/mol. The molecule has 7 heteroatoms. The van der Waals surface area contributed by atoms with E-state index in [1.165, 1.54) is 4.90 Å². The molecule has 7 nitrogen and oxygen atoms in total. The van der Waals surface area contributed by atoms with Gasteiger partial charge in [-0.25, -0.2) is 0 Å². The van der Waals surface area contributed by atoms with Crippen LogP contribution in [0.4, 0.5) is 5.69 Å². The van der Waals surface area contributed by atoms with E-state index in [1.807, 2.05) is 0 Å². The number of ether oxygens (including phenoxy) is 2. The van der Waals surface area contributed by atoms with E-state index in [2.05, 4.69) is 5.32 Å². The van der Waals surface area contributed by atoms with E-state index in [0.29, 0.717) is 41.3 Å². The molecule has 3 aromatic carbocycles. The number of nitrogens with zero attached hydrogens (tertiary/aromatic N) is 1. The summed E-state index contributed by atoms with van der Waals surface area (Å²) in [6.45, 7) is 1.11. The first-order chi connectivity index (χ1) is 15.6. The molecule has 3 aromatic rings. The molecule has 0 saturated heterocycles. The molecule has 1 heterocycles. The molecule has 162 valence electrons. The molecule has 0 aromatic heterocycles. The Morgan fingerprint density at radius 3 is 2.06 bits per heavy atom. The van der Waals surface area contributed by atoms with E-state index in [0.717, 1.165) is 5.56 Å². The molecule has 0 spiro atoms. The van der Waals surface area contributed by atoms with Gasteiger partial charge in [-0.1, -0.05) is 24.3 Å². The maximum absolute atomic E-state index is 12.5. The predicted molar refractivity (Wildman–Crippen MR) is 119 cm³/mol. The van der Waals surface area contributed by atoms with Crippen molar-refractivity contribution in [1.29, 1.82) is 0 Å². The highest BCUT2D eigenvalue weighted by Gasteiger charge is 2.34. The lowest BCUT2D eigenvalue weighted by molar-refractivity contribution is 0.0642. The Hall–Kier alpha value is -3.97. The minimum absolute atomic E-state index is 0.152. The van der Waals surface area contributed by atoms with Crippen LogP contribution in [0.25, 0.3) is 0 Å². The first kappa shape index (κ1) is 21.3. The Bertz CT molecular complexity index is 1100. The van der Waals surface area contributed by atoms with Gasteiger partial charge in [-0.15, -0.1) is 0 Å². The number of anilines is 1. The summed E-state index contributed by atoms with van der Waals surface area (Å²) >= 11 is 0. The number of hydrogen-bond acceptors (Lipinski definition) is 5. The van der Waals surface area contributed by atoms with Crippen LogP contribution in [0.15, 0.2) is 72.8 Å². The van der Waals surface area contributed by atoms with Gasteiger partial charge in [0.25, 0.3) is 17.7 Å². The topological polar surface area (TPSA) is 84.9 Å². The Morgan fingerprint density at radius 1 is 0.844 bits per heavy atom. The molecule has 0 atom stereocenters. The van der Waals surface area contributed by atoms with Gasteiger partial charge < -0.3 is 14.8 Å². The van der Waals surface area contributed by atoms with Crippen molar-refractivity contribution in [3.63, 3.8) is 0 Å². The Balaban J connectivity index is 1.36. The van der Waals surface area contributed by atoms with Gasteiger partial charge in [0.15, 0.2) is 0 Å². The summed E-state index contributed by atoms with van der Waals surface area (Å²) in [5.74, 6) is -0.174. The molecule has 1 aliphatic rings. The van der Waals surface area contributed by atoms with Crippen molar-refractivity contribution in [1.82, 2.24) is 4.90 Å². The molecule has 3 amide bonds. The fourth-order valence-corrected chi connectivity index (χ4v) is 3.41. The fraction of sp³-hybridized carbons (Fsp3) is 0.160. The lowest BCUT2D eigenvalue weighted by Crippen LogP contribution is -2.29. The summed E-state index contributed by atoms with van der Waals surface area (Å²) in [5, 5.41) is 2.83. The molecule has 0 aliphatic carbocycles. The first-order valence-electron chi connectivity index (χ1n) is 10.1. The van der Waals surface area contributed by atoms with Gasteiger partial charge in [0, 0.05) is 18.4 Å². The number of carbonyl (C=O) groups is 3. The van der Waals surface area contributed by atoms with Crippen LogP contribution < -0.4 is 10.1 Å². The Kier molecular flexibility index (Phi) is 6.28. The second-order valence-electron chi connectivity index (χ2n) is 7.26. The number of imide groups is 1. The molecule has 0 unspecified atom stereocenters. The number of carbonyl (C=O) groups excluding carboxylic acids is 3. The summed E-state index contributed by atoms with van der Waals surface area (Å²) in [6.07, 6.45) is 0. The van der Waals surface area contributed by atoms with E-state index in [4.69, 9.17) is 9.47 Å². The number of benzene rings is 3. The Labute approximate surface area is 185 Å². The largest absolute Gasteiger partial charge is 0.491 e. The molecule has 1 N–H and O–H groups in total. The van der Waals surface area contributed by atoms with Crippen molar-refractivity contribution in [2.75, 3.05) is 25.6 Å². The van der Waals surface area contributed by atoms with E-state index in [9.17, 15) is 14.4 Å². The standard InChI is InChI=1S/C25H22N2O5/c1-31-14-15-32-20-12-10-19(11-13-20)26-23(28)18-8-6-17(7-9-18)16-27-24(29)21-4-2-3-5-22(21)25(27)30/h2-13H,14-16H2,1H3,(H,26,28). The molecular weight excluding hydrogens is 408 g/mol. The van der Waals surface area contributed by atoms with Gasteiger partial charge in [-0.3, -0.25) is 19.3 Å². The van der Waals surface area contributed by atoms with Crippen LogP contribution in [-0.4, -0.2) is 42.9 Å². The highest BCUT2D eigenvalue weighted by molar-refractivity contribution is 6.21. The summed E-state index contributed by atoms with van der Waals surface area (Å²) in [5.41, 5.74) is 2.71. The highest BCUT2D eigenvalue weighted by Crippen LogP contribution is 2.24. The predicted octanol–water partition coefficient (Wildman–Crippen LogP) is 3.76. The zero-order valence-electron chi connectivity index (χ0n) is 17.5. The average molecular weight is 430 g/mol. The number of methoxy groups -OCH3 is 1. The molecule has 0 radical (unpaired) electrons. The van der Waals surface area contributed by atoms with Crippen LogP contribution in [0.2, 0.25) is 0 Å². The molecule has 0 fully saturated rings. The van der Waals surface area contributed by atoms with Crippen LogP contribution in [0.5, 0.6) is 5.75 Å². The quantitative estimate of drug-likeness (QED) is 0.435. The Morgan fingerprint density at radius 2 is 1.47 bits per heavy atom. The summed E-state index contributed by atoms with van der Waals surface area (Å²) in [7, 11) is 1.61. The molecule has 32 heavy (non-hydrogen) atoms. The van der Waals surface area contributed by atoms with Crippen molar-refractivity contribution >= 4 is 23.4 Å². The number of hydrogen-bond donors (Lipinski definition) is 1. The average Bonchev–Trinajstić information content (AvgIpc) is 3.06. The molecular formula is C25H22N2O5.